The van der Waals surface area contributed by atoms with Gasteiger partial charge < -0.3 is 5.11 Å². The molecule has 0 amide bonds. The van der Waals surface area contributed by atoms with Gasteiger partial charge in [0.15, 0.2) is 12.7 Å². The van der Waals surface area contributed by atoms with Crippen molar-refractivity contribution in [2.75, 3.05) is 0 Å². The van der Waals surface area contributed by atoms with E-state index in [1.165, 1.54) is 0 Å². The van der Waals surface area contributed by atoms with Crippen molar-refractivity contribution in [2.45, 2.75) is 6.54 Å². The topological polar surface area (TPSA) is 41.2 Å². The second-order valence-electron chi connectivity index (χ2n) is 5.50. The highest BCUT2D eigenvalue weighted by Crippen LogP contribution is 2.07. The van der Waals surface area contributed by atoms with Crippen LogP contribution in [0.1, 0.15) is 27.2 Å². The number of benzene rings is 2. The Morgan fingerprint density at radius 1 is 0.875 bits per heavy atom. The molecule has 2 aromatic carbocycles. The van der Waals surface area contributed by atoms with Crippen LogP contribution in [0.2, 0.25) is 0 Å². The van der Waals surface area contributed by atoms with Crippen molar-refractivity contribution in [3.05, 3.63) is 101 Å². The molecule has 0 aliphatic rings. The monoisotopic (exact) mass is 316 g/mol. The summed E-state index contributed by atoms with van der Waals surface area (Å²) in [6, 6.07) is 23.2. The van der Waals surface area contributed by atoms with Crippen molar-refractivity contribution < 1.29 is 14.5 Å². The summed E-state index contributed by atoms with van der Waals surface area (Å²) in [5, 5.41) is 8.97. The first-order chi connectivity index (χ1) is 11.7. The molecule has 0 fully saturated rings. The molecule has 3 heteroatoms. The van der Waals surface area contributed by atoms with Crippen LogP contribution in [0.3, 0.4) is 0 Å². The van der Waals surface area contributed by atoms with Gasteiger partial charge >= 0.3 is 5.97 Å². The number of hydrogen-bond donors (Lipinski definition) is 1. The van der Waals surface area contributed by atoms with Gasteiger partial charge in [-0.25, -0.2) is 4.79 Å². The summed E-state index contributed by atoms with van der Waals surface area (Å²) in [5.74, 6) is -0.902. The average Bonchev–Trinajstić information content (AvgIpc) is 2.62. The first-order valence-corrected chi connectivity index (χ1v) is 7.76. The van der Waals surface area contributed by atoms with Gasteiger partial charge in [-0.2, -0.15) is 4.57 Å². The van der Waals surface area contributed by atoms with Crippen molar-refractivity contribution in [1.82, 2.24) is 0 Å². The van der Waals surface area contributed by atoms with Crippen LogP contribution in [0.4, 0.5) is 0 Å². The Bertz CT molecular complexity index is 853. The smallest absolute Gasteiger partial charge is 0.335 e. The van der Waals surface area contributed by atoms with Gasteiger partial charge in [0.1, 0.15) is 0 Å². The van der Waals surface area contributed by atoms with Gasteiger partial charge in [-0.3, -0.25) is 0 Å². The molecular weight excluding hydrogens is 298 g/mol. The molecule has 0 aliphatic carbocycles. The second-order valence-corrected chi connectivity index (χ2v) is 5.50. The fourth-order valence-corrected chi connectivity index (χ4v) is 2.48. The minimum absolute atomic E-state index is 0.306. The summed E-state index contributed by atoms with van der Waals surface area (Å²) in [6.07, 6.45) is 6.19. The van der Waals surface area contributed by atoms with Gasteiger partial charge in [-0.15, -0.1) is 0 Å². The van der Waals surface area contributed by atoms with Gasteiger partial charge in [0.05, 0.1) is 5.56 Å². The number of carbonyl (C=O) groups is 1. The van der Waals surface area contributed by atoms with E-state index in [1.807, 2.05) is 48.7 Å². The molecule has 118 valence electrons. The predicted octanol–water partition coefficient (Wildman–Crippen LogP) is 3.89. The Kier molecular flexibility index (Phi) is 4.82. The summed E-state index contributed by atoms with van der Waals surface area (Å²) in [6.45, 7) is 0.690. The normalized spacial score (nSPS) is 10.8. The molecule has 1 N–H and O–H groups in total. The molecule has 0 saturated heterocycles. The van der Waals surface area contributed by atoms with E-state index in [2.05, 4.69) is 34.9 Å². The second kappa shape index (κ2) is 7.38. The first-order valence-electron chi connectivity index (χ1n) is 7.76. The van der Waals surface area contributed by atoms with E-state index in [-0.39, 0.29) is 0 Å². The number of aromatic carboxylic acids is 1. The van der Waals surface area contributed by atoms with Crippen LogP contribution in [-0.4, -0.2) is 11.1 Å². The molecule has 3 nitrogen and oxygen atoms in total. The number of nitrogens with zero attached hydrogens (tertiary/aromatic N) is 1. The summed E-state index contributed by atoms with van der Waals surface area (Å²) < 4.78 is 2.13. The highest BCUT2D eigenvalue weighted by molar-refractivity contribution is 5.87. The molecule has 0 saturated carbocycles. The van der Waals surface area contributed by atoms with Crippen LogP contribution < -0.4 is 4.57 Å². The Labute approximate surface area is 141 Å². The Hall–Kier alpha value is -3.20. The van der Waals surface area contributed by atoms with Crippen LogP contribution in [0, 0.1) is 0 Å². The Morgan fingerprint density at radius 2 is 1.58 bits per heavy atom. The number of carboxylic acids is 1. The van der Waals surface area contributed by atoms with Gasteiger partial charge in [-0.1, -0.05) is 42.5 Å². The van der Waals surface area contributed by atoms with Gasteiger partial charge in [0.25, 0.3) is 0 Å². The van der Waals surface area contributed by atoms with Crippen LogP contribution in [0.25, 0.3) is 12.2 Å². The largest absolute Gasteiger partial charge is 0.478 e. The number of hydrogen-bond acceptors (Lipinski definition) is 1. The molecule has 0 aliphatic heterocycles. The third kappa shape index (κ3) is 3.96. The molecule has 3 aromatic rings. The van der Waals surface area contributed by atoms with Crippen molar-refractivity contribution in [3.63, 3.8) is 0 Å². The third-order valence-electron chi connectivity index (χ3n) is 3.78. The summed E-state index contributed by atoms with van der Waals surface area (Å²) in [7, 11) is 0. The summed E-state index contributed by atoms with van der Waals surface area (Å²) in [4.78, 5) is 10.9. The fraction of sp³-hybridized carbons (Fsp3) is 0.0476. The first kappa shape index (κ1) is 15.7. The van der Waals surface area contributed by atoms with Crippen molar-refractivity contribution in [1.29, 1.82) is 0 Å². The van der Waals surface area contributed by atoms with E-state index in [9.17, 15) is 4.79 Å². The maximum atomic E-state index is 10.9. The lowest BCUT2D eigenvalue weighted by atomic mass is 10.1. The highest BCUT2D eigenvalue weighted by atomic mass is 16.4. The van der Waals surface area contributed by atoms with Crippen LogP contribution in [0.5, 0.6) is 0 Å². The fourth-order valence-electron chi connectivity index (χ4n) is 2.48. The molecule has 1 aromatic heterocycles. The lowest BCUT2D eigenvalue weighted by molar-refractivity contribution is -0.690. The molecule has 1 heterocycles. The maximum absolute atomic E-state index is 10.9. The zero-order chi connectivity index (χ0) is 16.8. The number of pyridine rings is 1. The number of aromatic nitrogens is 1. The molecule has 0 unspecified atom stereocenters. The summed E-state index contributed by atoms with van der Waals surface area (Å²) >= 11 is 0. The number of rotatable bonds is 5. The molecule has 0 spiro atoms. The molecule has 0 bridgehead atoms. The van der Waals surface area contributed by atoms with Crippen LogP contribution in [0.15, 0.2) is 79.0 Å². The van der Waals surface area contributed by atoms with Gasteiger partial charge in [-0.05, 0) is 29.8 Å². The SMILES string of the molecule is O=C(O)c1ccc(C[n+]2ccccc2/C=C/c2ccccc2)cc1. The van der Waals surface area contributed by atoms with Crippen molar-refractivity contribution in [2.24, 2.45) is 0 Å². The van der Waals surface area contributed by atoms with Gasteiger partial charge in [0.2, 0.25) is 5.69 Å². The molecule has 0 atom stereocenters. The highest BCUT2D eigenvalue weighted by Gasteiger charge is 2.09. The molecular formula is C21H18NO2+. The van der Waals surface area contributed by atoms with Crippen LogP contribution >= 0.6 is 0 Å². The zero-order valence-electron chi connectivity index (χ0n) is 13.2. The lowest BCUT2D eigenvalue weighted by Crippen LogP contribution is -2.36. The van der Waals surface area contributed by atoms with E-state index in [1.54, 1.807) is 12.1 Å². The van der Waals surface area contributed by atoms with Crippen molar-refractivity contribution in [3.8, 4) is 0 Å². The molecule has 3 rings (SSSR count). The predicted molar refractivity (Wildman–Crippen MR) is 94.5 cm³/mol. The summed E-state index contributed by atoms with van der Waals surface area (Å²) in [5.41, 5.74) is 3.61. The van der Waals surface area contributed by atoms with Gasteiger partial charge in [0, 0.05) is 23.8 Å². The quantitative estimate of drug-likeness (QED) is 0.726. The van der Waals surface area contributed by atoms with E-state index < -0.39 is 5.97 Å². The third-order valence-corrected chi connectivity index (χ3v) is 3.78. The average molecular weight is 316 g/mol. The Morgan fingerprint density at radius 3 is 2.29 bits per heavy atom. The zero-order valence-corrected chi connectivity index (χ0v) is 13.2. The van der Waals surface area contributed by atoms with Crippen LogP contribution in [-0.2, 0) is 6.54 Å². The van der Waals surface area contributed by atoms with E-state index in [0.717, 1.165) is 16.8 Å². The lowest BCUT2D eigenvalue weighted by Gasteiger charge is -2.02. The van der Waals surface area contributed by atoms with E-state index in [0.29, 0.717) is 12.1 Å². The number of carboxylic acid groups (broad SMARTS) is 1. The van der Waals surface area contributed by atoms with E-state index >= 15 is 0 Å². The maximum Gasteiger partial charge on any atom is 0.335 e. The molecule has 24 heavy (non-hydrogen) atoms. The Balaban J connectivity index is 1.81. The van der Waals surface area contributed by atoms with E-state index in [4.69, 9.17) is 5.11 Å². The minimum Gasteiger partial charge on any atom is -0.478 e. The standard InChI is InChI=1S/C21H17NO2/c23-21(24)19-12-9-18(10-13-19)16-22-15-5-4-8-20(22)14-11-17-6-2-1-3-7-17/h1-15H,16H2/p+1/b14-11+. The molecule has 0 radical (unpaired) electrons. The minimum atomic E-state index is -0.902. The van der Waals surface area contributed by atoms with Crippen molar-refractivity contribution >= 4 is 18.1 Å².